The van der Waals surface area contributed by atoms with Gasteiger partial charge in [-0.25, -0.2) is 14.4 Å². The molecule has 0 radical (unpaired) electrons. The minimum Gasteiger partial charge on any atom is -0.462 e. The van der Waals surface area contributed by atoms with E-state index in [0.29, 0.717) is 44.1 Å². The number of nitrogens with zero attached hydrogens (tertiary/aromatic N) is 4. The Morgan fingerprint density at radius 2 is 1.52 bits per heavy atom. The second-order valence-corrected chi connectivity index (χ2v) is 21.8. The van der Waals surface area contributed by atoms with E-state index in [1.54, 1.807) is 33.7 Å². The summed E-state index contributed by atoms with van der Waals surface area (Å²) in [6, 6.07) is 6.82. The molecule has 3 saturated heterocycles. The lowest BCUT2D eigenvalue weighted by Gasteiger charge is -2.41. The third-order valence-electron chi connectivity index (χ3n) is 15.4. The third-order valence-corrected chi connectivity index (χ3v) is 15.4. The van der Waals surface area contributed by atoms with Crippen molar-refractivity contribution in [2.24, 2.45) is 40.7 Å². The molecule has 81 heavy (non-hydrogen) atoms. The summed E-state index contributed by atoms with van der Waals surface area (Å²) >= 11 is 0. The van der Waals surface area contributed by atoms with Crippen molar-refractivity contribution in [2.75, 3.05) is 67.9 Å². The Morgan fingerprint density at radius 1 is 0.901 bits per heavy atom. The number of esters is 1. The highest BCUT2D eigenvalue weighted by Gasteiger charge is 2.43. The van der Waals surface area contributed by atoms with Crippen molar-refractivity contribution in [3.8, 4) is 36.8 Å². The molecule has 1 aromatic carbocycles. The zero-order valence-electron chi connectivity index (χ0n) is 51.4. The Balaban J connectivity index is 0.000000746. The highest BCUT2D eigenvalue weighted by molar-refractivity contribution is 5.88. The highest BCUT2D eigenvalue weighted by Crippen LogP contribution is 2.38. The van der Waals surface area contributed by atoms with Gasteiger partial charge in [0, 0.05) is 103 Å². The van der Waals surface area contributed by atoms with E-state index in [1.807, 2.05) is 70.8 Å². The molecule has 3 fully saturated rings. The summed E-state index contributed by atoms with van der Waals surface area (Å²) in [7, 11) is 9.44. The van der Waals surface area contributed by atoms with Gasteiger partial charge in [0.25, 0.3) is 0 Å². The molecular weight excluding hydrogens is 1040 g/mol. The van der Waals surface area contributed by atoms with Gasteiger partial charge >= 0.3 is 5.97 Å². The first-order chi connectivity index (χ1) is 38.6. The number of alkyl halides is 1. The number of anilines is 1. The van der Waals surface area contributed by atoms with E-state index in [0.717, 1.165) is 48.8 Å². The summed E-state index contributed by atoms with van der Waals surface area (Å²) in [6.07, 6.45) is 21.2. The second-order valence-electron chi connectivity index (χ2n) is 21.8. The van der Waals surface area contributed by atoms with Gasteiger partial charge < -0.3 is 68.8 Å². The van der Waals surface area contributed by atoms with Crippen molar-refractivity contribution in [2.45, 2.75) is 187 Å². The molecule has 5 N–H and O–H groups in total. The topological polar surface area (TPSA) is 234 Å². The van der Waals surface area contributed by atoms with Crippen LogP contribution in [-0.4, -0.2) is 171 Å². The second kappa shape index (κ2) is 38.8. The van der Waals surface area contributed by atoms with Gasteiger partial charge in [-0.2, -0.15) is 0 Å². The van der Waals surface area contributed by atoms with Crippen LogP contribution in [0, 0.1) is 61.2 Å². The Hall–Kier alpha value is -4.84. The molecule has 4 heterocycles. The van der Waals surface area contributed by atoms with Gasteiger partial charge in [-0.15, -0.1) is 25.7 Å². The van der Waals surface area contributed by atoms with Gasteiger partial charge in [-0.3, -0.25) is 9.59 Å². The first-order valence-electron chi connectivity index (χ1n) is 28.2. The first kappa shape index (κ1) is 74.2. The number of terminal acetylenes is 2. The molecule has 1 amide bonds. The zero-order valence-corrected chi connectivity index (χ0v) is 51.4. The Labute approximate surface area is 484 Å². The predicted molar refractivity (Wildman–Crippen MR) is 314 cm³/mol. The molecule has 2 aromatic rings. The summed E-state index contributed by atoms with van der Waals surface area (Å²) < 4.78 is 54.9. The normalized spacial score (nSPS) is 31.2. The maximum absolute atomic E-state index is 14.0. The number of benzene rings is 1. The summed E-state index contributed by atoms with van der Waals surface area (Å²) in [6.45, 7) is 19.9. The van der Waals surface area contributed by atoms with E-state index >= 15 is 0 Å². The number of halogens is 1. The van der Waals surface area contributed by atoms with Crippen LogP contribution >= 0.6 is 0 Å². The molecule has 19 nitrogen and oxygen atoms in total. The lowest BCUT2D eigenvalue weighted by atomic mass is 9.76. The van der Waals surface area contributed by atoms with E-state index < -0.39 is 54.9 Å². The summed E-state index contributed by atoms with van der Waals surface area (Å²) in [5, 5.41) is 38.4. The van der Waals surface area contributed by atoms with Crippen LogP contribution in [0.4, 0.5) is 10.3 Å². The number of oxime groups is 1. The molecular formula is C61H101FN6O13. The summed E-state index contributed by atoms with van der Waals surface area (Å²) in [5.41, 5.74) is 2.71. The van der Waals surface area contributed by atoms with E-state index in [1.165, 1.54) is 7.11 Å². The quantitative estimate of drug-likeness (QED) is 0.0311. The Morgan fingerprint density at radius 3 is 2.05 bits per heavy atom. The number of methoxy groups -OCH3 is 3. The van der Waals surface area contributed by atoms with Crippen LogP contribution in [0.1, 0.15) is 132 Å². The Kier molecular flexibility index (Phi) is 35.6. The minimum absolute atomic E-state index is 0.0136. The van der Waals surface area contributed by atoms with Crippen LogP contribution in [0.3, 0.4) is 0 Å². The van der Waals surface area contributed by atoms with Crippen LogP contribution in [0.15, 0.2) is 41.8 Å². The maximum Gasteiger partial charge on any atom is 0.311 e. The molecule has 3 unspecified atom stereocenters. The number of carbonyl (C=O) groups excluding carboxylic acids is 2. The monoisotopic (exact) mass is 1140 g/mol. The molecule has 20 heteroatoms. The van der Waals surface area contributed by atoms with Gasteiger partial charge in [0.1, 0.15) is 18.9 Å². The number of hydrogen-bond donors (Lipinski definition) is 5. The number of amides is 1. The largest absolute Gasteiger partial charge is 0.462 e. The molecule has 3 aliphatic rings. The number of cyclic esters (lactones) is 1. The summed E-state index contributed by atoms with van der Waals surface area (Å²) in [5.74, 6) is -0.845. The number of hydrogen-bond acceptors (Lipinski definition) is 18. The minimum atomic E-state index is -0.813. The molecule has 17 atom stereocenters. The number of nitrogens with one attached hydrogen (secondary N) is 2. The molecule has 0 aliphatic carbocycles. The van der Waals surface area contributed by atoms with E-state index in [-0.39, 0.29) is 73.3 Å². The van der Waals surface area contributed by atoms with Gasteiger partial charge in [-0.1, -0.05) is 71.0 Å². The number of aromatic nitrogens is 2. The molecule has 3 aliphatic heterocycles. The van der Waals surface area contributed by atoms with Gasteiger partial charge in [0.2, 0.25) is 18.6 Å². The van der Waals surface area contributed by atoms with Gasteiger partial charge in [0.15, 0.2) is 12.6 Å². The van der Waals surface area contributed by atoms with Crippen LogP contribution in [0.25, 0.3) is 11.1 Å². The molecule has 0 bridgehead atoms. The lowest BCUT2D eigenvalue weighted by Crippen LogP contribution is -2.47. The first-order valence-corrected chi connectivity index (χ1v) is 28.2. The average molecular weight is 1150 g/mol. The maximum atomic E-state index is 14.0. The fourth-order valence-electron chi connectivity index (χ4n) is 11.1. The number of carbonyl (C=O) groups is 2. The lowest BCUT2D eigenvalue weighted by molar-refractivity contribution is -0.240. The molecule has 0 spiro atoms. The van der Waals surface area contributed by atoms with E-state index in [9.17, 15) is 24.2 Å². The van der Waals surface area contributed by atoms with Crippen molar-refractivity contribution < 1.29 is 67.3 Å². The van der Waals surface area contributed by atoms with Crippen molar-refractivity contribution in [1.29, 1.82) is 0 Å². The predicted octanol–water partition coefficient (Wildman–Crippen LogP) is 8.21. The molecule has 1 aromatic heterocycles. The molecule has 5 rings (SSSR count). The van der Waals surface area contributed by atoms with E-state index in [4.69, 9.17) is 43.1 Å². The van der Waals surface area contributed by atoms with E-state index in [2.05, 4.69) is 86.1 Å². The van der Waals surface area contributed by atoms with Crippen LogP contribution < -0.4 is 10.6 Å². The number of rotatable bonds is 18. The van der Waals surface area contributed by atoms with Crippen LogP contribution in [0.5, 0.6) is 0 Å². The number of ether oxygens (including phenoxy) is 7. The fourth-order valence-corrected chi connectivity index (χ4v) is 11.1. The molecule has 0 saturated carbocycles. The fraction of sp³-hybridized carbons (Fsp3) is 0.721. The van der Waals surface area contributed by atoms with Crippen molar-refractivity contribution in [3.05, 3.63) is 42.2 Å². The average Bonchev–Trinajstić information content (AvgIpc) is 3.50. The van der Waals surface area contributed by atoms with Gasteiger partial charge in [-0.05, 0) is 89.8 Å². The smallest absolute Gasteiger partial charge is 0.311 e. The van der Waals surface area contributed by atoms with Crippen molar-refractivity contribution in [1.82, 2.24) is 20.2 Å². The molecule has 460 valence electrons. The van der Waals surface area contributed by atoms with Crippen LogP contribution in [-0.2, 0) is 47.6 Å². The third kappa shape index (κ3) is 23.7. The zero-order chi connectivity index (χ0) is 61.6. The Bertz CT molecular complexity index is 2100. The van der Waals surface area contributed by atoms with Crippen molar-refractivity contribution in [3.63, 3.8) is 0 Å². The number of aliphatic hydroxyl groups excluding tert-OH is 3. The standard InChI is InChI=1S/C31H57NO8.C25H36FN5O4.2C2H2.CH4O/c1-12-25-22(6)28(33)23(7)27(32-37-17-35-10)19(3)15-31(9,36-11)16-20(4)29(24(8)30(34)39-25)40-26-14-18(2)13-21(5)38-26;1-16-11-20(12-23(33)35-16)31(3)10-9-22(32)30-21(13-26)24(34-4)18-7-5-17(6-8-18)19-14-28-25(27-2)29-15-19;3*1-2/h18-26,28-29,33H,12-17H2,1-11H3;5-8,14-16,20-21,23-24,33H,9-13H2,1-4H3,(H,30,32)(H,27,28,29);2*1-2H;2H,1H3/b32-27-;;;;/t18?,19-,20-,21+,22+,23+,24-,25-,26+,28?,29+,31-;16-,20?,21-,23-,24-;;;/m11.../s1. The highest BCUT2D eigenvalue weighted by atomic mass is 19.1. The van der Waals surface area contributed by atoms with Crippen molar-refractivity contribution >= 4 is 23.5 Å². The number of aliphatic hydroxyl groups is 3. The summed E-state index contributed by atoms with van der Waals surface area (Å²) in [4.78, 5) is 42.2. The SMILES string of the molecule is C#C.C#C.CC[C@H]1OC(=O)[C@H](C)[C@@H](O[C@H]2CC(C)C[C@H](C)O2)[C@H](C)C[C@](C)(OC)C[C@@H](C)/C(=N/OCOC)[C@H](C)C(O)[C@H]1C.CNc1ncc(-c2ccc([C@@H](OC)[C@@H](CF)NC(=O)CCN(C)C3C[C@@H](C)O[C@@H](O)C3)cc2)cn1.CO. The van der Waals surface area contributed by atoms with Gasteiger partial charge in [0.05, 0.1) is 47.7 Å². The van der Waals surface area contributed by atoms with Crippen LogP contribution in [0.2, 0.25) is 0 Å².